The van der Waals surface area contributed by atoms with Gasteiger partial charge in [0.25, 0.3) is 0 Å². The number of halogens is 1. The summed E-state index contributed by atoms with van der Waals surface area (Å²) in [5.74, 6) is 0.565. The normalized spacial score (nSPS) is 14.6. The zero-order valence-corrected chi connectivity index (χ0v) is 19.7. The lowest BCUT2D eigenvalue weighted by Gasteiger charge is -2.33. The van der Waals surface area contributed by atoms with Crippen LogP contribution in [0.5, 0.6) is 0 Å². The molecule has 8 nitrogen and oxygen atoms in total. The second kappa shape index (κ2) is 11.8. The first-order valence-corrected chi connectivity index (χ1v) is 11.7. The molecule has 9 heteroatoms. The van der Waals surface area contributed by atoms with E-state index in [9.17, 15) is 9.59 Å². The monoisotopic (exact) mass is 480 g/mol. The van der Waals surface area contributed by atoms with E-state index in [0.717, 1.165) is 37.3 Å². The molecular weight excluding hydrogens is 452 g/mol. The lowest BCUT2D eigenvalue weighted by atomic mass is 10.2. The van der Waals surface area contributed by atoms with Crippen LogP contribution in [0.1, 0.15) is 11.1 Å². The number of nitrogens with zero attached hydrogens (tertiary/aromatic N) is 4. The molecule has 1 aliphatic heterocycles. The van der Waals surface area contributed by atoms with E-state index >= 15 is 0 Å². The van der Waals surface area contributed by atoms with E-state index in [0.29, 0.717) is 37.0 Å². The number of benzene rings is 2. The average molecular weight is 481 g/mol. The molecule has 0 atom stereocenters. The molecule has 0 aliphatic carbocycles. The zero-order valence-electron chi connectivity index (χ0n) is 19.0. The van der Waals surface area contributed by atoms with Gasteiger partial charge in [-0.05, 0) is 17.2 Å². The van der Waals surface area contributed by atoms with Crippen molar-refractivity contribution in [1.82, 2.24) is 24.9 Å². The van der Waals surface area contributed by atoms with Crippen LogP contribution in [0.15, 0.2) is 66.9 Å². The van der Waals surface area contributed by atoms with Crippen LogP contribution < -0.4 is 10.6 Å². The Balaban J connectivity index is 1.18. The SMILES string of the molecule is O=C(CN1CCN(CC(=O)Nc2ccnn2Cc2ccccc2Cl)CC1)NCc1ccccc1. The van der Waals surface area contributed by atoms with Gasteiger partial charge in [0.15, 0.2) is 0 Å². The van der Waals surface area contributed by atoms with Crippen LogP contribution in [0, 0.1) is 0 Å². The Morgan fingerprint density at radius 2 is 1.50 bits per heavy atom. The third-order valence-corrected chi connectivity index (χ3v) is 6.16. The number of hydrogen-bond donors (Lipinski definition) is 2. The molecule has 1 saturated heterocycles. The molecule has 0 bridgehead atoms. The third kappa shape index (κ3) is 6.90. The Bertz CT molecular complexity index is 1100. The molecule has 0 unspecified atom stereocenters. The topological polar surface area (TPSA) is 82.5 Å². The zero-order chi connectivity index (χ0) is 23.8. The molecule has 0 spiro atoms. The molecule has 4 rings (SSSR count). The molecule has 178 valence electrons. The number of carbonyl (C=O) groups excluding carboxylic acids is 2. The van der Waals surface area contributed by atoms with Gasteiger partial charge in [-0.15, -0.1) is 0 Å². The standard InChI is InChI=1S/C25H29ClN6O2/c26-22-9-5-4-8-21(22)17-32-23(10-11-28-32)29-25(34)19-31-14-12-30(13-15-31)18-24(33)27-16-20-6-2-1-3-7-20/h1-11H,12-19H2,(H,27,33)(H,29,34). The van der Waals surface area contributed by atoms with Gasteiger partial charge in [0, 0.05) is 43.8 Å². The fourth-order valence-corrected chi connectivity index (χ4v) is 4.09. The Morgan fingerprint density at radius 1 is 0.853 bits per heavy atom. The van der Waals surface area contributed by atoms with Crippen molar-refractivity contribution in [3.05, 3.63) is 83.0 Å². The van der Waals surface area contributed by atoms with Crippen LogP contribution in [0.4, 0.5) is 5.82 Å². The quantitative estimate of drug-likeness (QED) is 0.491. The van der Waals surface area contributed by atoms with E-state index < -0.39 is 0 Å². The molecule has 2 aromatic carbocycles. The molecule has 1 aromatic heterocycles. The lowest BCUT2D eigenvalue weighted by molar-refractivity contribution is -0.123. The maximum atomic E-state index is 12.6. The van der Waals surface area contributed by atoms with Crippen molar-refractivity contribution in [3.63, 3.8) is 0 Å². The first-order chi connectivity index (χ1) is 16.6. The Kier molecular flexibility index (Phi) is 8.30. The van der Waals surface area contributed by atoms with Crippen LogP contribution in [0.25, 0.3) is 0 Å². The fourth-order valence-electron chi connectivity index (χ4n) is 3.90. The van der Waals surface area contributed by atoms with Crippen molar-refractivity contribution in [2.75, 3.05) is 44.6 Å². The maximum absolute atomic E-state index is 12.6. The van der Waals surface area contributed by atoms with Gasteiger partial charge in [-0.25, -0.2) is 4.68 Å². The lowest BCUT2D eigenvalue weighted by Crippen LogP contribution is -2.51. The molecule has 3 aromatic rings. The summed E-state index contributed by atoms with van der Waals surface area (Å²) in [5, 5.41) is 10.9. The number of anilines is 1. The summed E-state index contributed by atoms with van der Waals surface area (Å²) >= 11 is 6.25. The second-order valence-electron chi connectivity index (χ2n) is 8.33. The summed E-state index contributed by atoms with van der Waals surface area (Å²) in [6.45, 7) is 4.64. The molecule has 0 saturated carbocycles. The molecular formula is C25H29ClN6O2. The molecule has 2 amide bonds. The molecule has 2 heterocycles. The summed E-state index contributed by atoms with van der Waals surface area (Å²) in [6.07, 6.45) is 1.66. The largest absolute Gasteiger partial charge is 0.351 e. The van der Waals surface area contributed by atoms with Gasteiger partial charge in [0.1, 0.15) is 5.82 Å². The van der Waals surface area contributed by atoms with Gasteiger partial charge in [-0.2, -0.15) is 5.10 Å². The summed E-state index contributed by atoms with van der Waals surface area (Å²) in [7, 11) is 0. The number of aromatic nitrogens is 2. The van der Waals surface area contributed by atoms with Crippen molar-refractivity contribution in [2.45, 2.75) is 13.1 Å². The summed E-state index contributed by atoms with van der Waals surface area (Å²) in [5.41, 5.74) is 2.02. The molecule has 0 radical (unpaired) electrons. The van der Waals surface area contributed by atoms with Gasteiger partial charge in [-0.3, -0.25) is 19.4 Å². The summed E-state index contributed by atoms with van der Waals surface area (Å²) in [4.78, 5) is 29.1. The predicted octanol–water partition coefficient (Wildman–Crippen LogP) is 2.46. The van der Waals surface area contributed by atoms with Crippen LogP contribution in [-0.4, -0.2) is 70.7 Å². The average Bonchev–Trinajstić information content (AvgIpc) is 3.27. The van der Waals surface area contributed by atoms with Gasteiger partial charge in [0.2, 0.25) is 11.8 Å². The Morgan fingerprint density at radius 3 is 2.21 bits per heavy atom. The number of hydrogen-bond acceptors (Lipinski definition) is 5. The van der Waals surface area contributed by atoms with E-state index in [2.05, 4.69) is 25.5 Å². The minimum absolute atomic E-state index is 0.0156. The molecule has 2 N–H and O–H groups in total. The van der Waals surface area contributed by atoms with Gasteiger partial charge >= 0.3 is 0 Å². The predicted molar refractivity (Wildman–Crippen MR) is 133 cm³/mol. The third-order valence-electron chi connectivity index (χ3n) is 5.79. The highest BCUT2D eigenvalue weighted by Gasteiger charge is 2.21. The first kappa shape index (κ1) is 23.9. The highest BCUT2D eigenvalue weighted by molar-refractivity contribution is 6.31. The van der Waals surface area contributed by atoms with Crippen molar-refractivity contribution in [1.29, 1.82) is 0 Å². The smallest absolute Gasteiger partial charge is 0.239 e. The molecule has 34 heavy (non-hydrogen) atoms. The van der Waals surface area contributed by atoms with Crippen molar-refractivity contribution >= 4 is 29.2 Å². The van der Waals surface area contributed by atoms with Crippen molar-refractivity contribution in [2.24, 2.45) is 0 Å². The minimum Gasteiger partial charge on any atom is -0.351 e. The molecule has 1 fully saturated rings. The number of piperazine rings is 1. The van der Waals surface area contributed by atoms with Crippen LogP contribution in [0.2, 0.25) is 5.02 Å². The number of carbonyl (C=O) groups is 2. The molecule has 1 aliphatic rings. The highest BCUT2D eigenvalue weighted by Crippen LogP contribution is 2.18. The Labute approximate surface area is 204 Å². The van der Waals surface area contributed by atoms with Crippen LogP contribution >= 0.6 is 11.6 Å². The second-order valence-corrected chi connectivity index (χ2v) is 8.74. The van der Waals surface area contributed by atoms with E-state index in [1.165, 1.54) is 0 Å². The van der Waals surface area contributed by atoms with Gasteiger partial charge < -0.3 is 10.6 Å². The minimum atomic E-state index is -0.0880. The van der Waals surface area contributed by atoms with Crippen LogP contribution in [-0.2, 0) is 22.7 Å². The van der Waals surface area contributed by atoms with Gasteiger partial charge in [-0.1, -0.05) is 60.1 Å². The number of amides is 2. The number of nitrogens with one attached hydrogen (secondary N) is 2. The van der Waals surface area contributed by atoms with Crippen LogP contribution in [0.3, 0.4) is 0 Å². The summed E-state index contributed by atoms with van der Waals surface area (Å²) in [6, 6.07) is 19.2. The number of rotatable bonds is 9. The fraction of sp³-hybridized carbons (Fsp3) is 0.320. The van der Waals surface area contributed by atoms with E-state index in [4.69, 9.17) is 11.6 Å². The summed E-state index contributed by atoms with van der Waals surface area (Å²) < 4.78 is 1.73. The maximum Gasteiger partial charge on any atom is 0.239 e. The van der Waals surface area contributed by atoms with E-state index in [1.54, 1.807) is 16.9 Å². The Hall–Kier alpha value is -3.20. The van der Waals surface area contributed by atoms with E-state index in [1.807, 2.05) is 54.6 Å². The van der Waals surface area contributed by atoms with Crippen molar-refractivity contribution < 1.29 is 9.59 Å². The van der Waals surface area contributed by atoms with Gasteiger partial charge in [0.05, 0.1) is 25.8 Å². The highest BCUT2D eigenvalue weighted by atomic mass is 35.5. The van der Waals surface area contributed by atoms with Crippen molar-refractivity contribution in [3.8, 4) is 0 Å². The van der Waals surface area contributed by atoms with E-state index in [-0.39, 0.29) is 11.8 Å². The first-order valence-electron chi connectivity index (χ1n) is 11.4.